The molecule has 4 nitrogen and oxygen atoms in total. The second-order valence-electron chi connectivity index (χ2n) is 1.49. The van der Waals surface area contributed by atoms with Gasteiger partial charge in [0.05, 0.1) is 6.42 Å². The van der Waals surface area contributed by atoms with Gasteiger partial charge in [0, 0.05) is 6.92 Å². The van der Waals surface area contributed by atoms with Crippen molar-refractivity contribution in [3.8, 4) is 0 Å². The van der Waals surface area contributed by atoms with Gasteiger partial charge in [-0.2, -0.15) is 0 Å². The van der Waals surface area contributed by atoms with Gasteiger partial charge < -0.3 is 15.3 Å². The summed E-state index contributed by atoms with van der Waals surface area (Å²) in [5.41, 5.74) is 0. The van der Waals surface area contributed by atoms with Crippen LogP contribution in [0, 0.1) is 6.92 Å². The minimum absolute atomic E-state index is 0.725. The zero-order valence-electron chi connectivity index (χ0n) is 4.16. The van der Waals surface area contributed by atoms with E-state index in [1.807, 2.05) is 0 Å². The summed E-state index contributed by atoms with van der Waals surface area (Å²) in [5, 5.41) is 24.1. The maximum atomic E-state index is 9.87. The highest BCUT2D eigenvalue weighted by Gasteiger charge is 2.19. The van der Waals surface area contributed by atoms with Gasteiger partial charge >= 0.3 is 0 Å². The Morgan fingerprint density at radius 3 is 1.88 bits per heavy atom. The highest BCUT2D eigenvalue weighted by atomic mass is 16.7. The van der Waals surface area contributed by atoms with Crippen LogP contribution in [-0.2, 0) is 4.79 Å². The summed E-state index contributed by atoms with van der Waals surface area (Å²) in [7, 11) is 0. The highest BCUT2D eigenvalue weighted by Crippen LogP contribution is 1.98. The van der Waals surface area contributed by atoms with E-state index in [1.54, 1.807) is 0 Å². The fraction of sp³-hybridized carbons (Fsp3) is 0.500. The summed E-state index contributed by atoms with van der Waals surface area (Å²) in [5.74, 6) is -3.61. The van der Waals surface area contributed by atoms with E-state index in [0.29, 0.717) is 0 Å². The summed E-state index contributed by atoms with van der Waals surface area (Å²) in [6.45, 7) is 2.80. The van der Waals surface area contributed by atoms with Gasteiger partial charge in [-0.05, 0) is 0 Å². The van der Waals surface area contributed by atoms with Gasteiger partial charge in [0.1, 0.15) is 5.78 Å². The summed E-state index contributed by atoms with van der Waals surface area (Å²) >= 11 is 0. The van der Waals surface area contributed by atoms with Crippen LogP contribution in [0.25, 0.3) is 0 Å². The average Bonchev–Trinajstić information content (AvgIpc) is 1.21. The van der Waals surface area contributed by atoms with E-state index in [1.165, 1.54) is 0 Å². The number of aliphatic hydroxyl groups is 3. The molecular formula is C4H7O4. The molecule has 0 heterocycles. The number of carbonyl (C=O) groups is 1. The molecule has 4 heteroatoms. The van der Waals surface area contributed by atoms with E-state index in [4.69, 9.17) is 15.3 Å². The van der Waals surface area contributed by atoms with E-state index in [2.05, 4.69) is 6.92 Å². The number of rotatable bonds is 2. The second kappa shape index (κ2) is 2.21. The van der Waals surface area contributed by atoms with Crippen LogP contribution < -0.4 is 0 Å². The fourth-order valence-electron chi connectivity index (χ4n) is 0.265. The maximum absolute atomic E-state index is 9.87. The highest BCUT2D eigenvalue weighted by molar-refractivity contribution is 5.82. The molecule has 1 radical (unpaired) electrons. The number of Topliss-reactive ketones (excluding diaryl/α,β-unsaturated/α-hetero) is 1. The molecule has 0 aliphatic rings. The number of hydrogen-bond acceptors (Lipinski definition) is 4. The molecule has 0 aromatic heterocycles. The minimum atomic E-state index is -2.89. The lowest BCUT2D eigenvalue weighted by molar-refractivity contribution is -0.308. The quantitative estimate of drug-likeness (QED) is 0.383. The minimum Gasteiger partial charge on any atom is -0.343 e. The van der Waals surface area contributed by atoms with Crippen LogP contribution in [0.2, 0.25) is 0 Å². The van der Waals surface area contributed by atoms with E-state index in [9.17, 15) is 4.79 Å². The van der Waals surface area contributed by atoms with Crippen molar-refractivity contribution in [2.75, 3.05) is 0 Å². The van der Waals surface area contributed by atoms with Crippen molar-refractivity contribution in [3.05, 3.63) is 6.92 Å². The molecule has 0 aliphatic heterocycles. The van der Waals surface area contributed by atoms with Crippen LogP contribution in [0.1, 0.15) is 6.42 Å². The Bertz CT molecular complexity index is 90.7. The van der Waals surface area contributed by atoms with Crippen LogP contribution in [0.3, 0.4) is 0 Å². The molecule has 0 aromatic carbocycles. The smallest absolute Gasteiger partial charge is 0.282 e. The van der Waals surface area contributed by atoms with Crippen LogP contribution in [0.4, 0.5) is 0 Å². The molecule has 8 heavy (non-hydrogen) atoms. The number of carbonyl (C=O) groups excluding carboxylic acids is 1. The molecule has 0 aromatic rings. The van der Waals surface area contributed by atoms with Gasteiger partial charge in [0.25, 0.3) is 5.97 Å². The number of hydrogen-bond donors (Lipinski definition) is 3. The zero-order valence-corrected chi connectivity index (χ0v) is 4.16. The fourth-order valence-corrected chi connectivity index (χ4v) is 0.265. The summed E-state index contributed by atoms with van der Waals surface area (Å²) in [4.78, 5) is 9.87. The first-order chi connectivity index (χ1) is 3.42. The Balaban J connectivity index is 3.55. The van der Waals surface area contributed by atoms with Crippen LogP contribution in [0.15, 0.2) is 0 Å². The molecule has 0 unspecified atom stereocenters. The van der Waals surface area contributed by atoms with Crippen molar-refractivity contribution in [2.24, 2.45) is 0 Å². The molecule has 3 N–H and O–H groups in total. The van der Waals surface area contributed by atoms with Gasteiger partial charge in [-0.1, -0.05) is 0 Å². The molecule has 0 rings (SSSR count). The third-order valence-electron chi connectivity index (χ3n) is 0.434. The van der Waals surface area contributed by atoms with E-state index < -0.39 is 18.2 Å². The lowest BCUT2D eigenvalue weighted by Crippen LogP contribution is -2.29. The molecule has 0 atom stereocenters. The Hall–Kier alpha value is -0.450. The van der Waals surface area contributed by atoms with Gasteiger partial charge in [0.15, 0.2) is 0 Å². The summed E-state index contributed by atoms with van der Waals surface area (Å²) in [6.07, 6.45) is -0.757. The Morgan fingerprint density at radius 1 is 1.50 bits per heavy atom. The van der Waals surface area contributed by atoms with Crippen molar-refractivity contribution < 1.29 is 20.1 Å². The topological polar surface area (TPSA) is 77.8 Å². The Labute approximate surface area is 46.4 Å². The van der Waals surface area contributed by atoms with E-state index >= 15 is 0 Å². The predicted octanol–water partition coefficient (Wildman–Crippen LogP) is -1.59. The van der Waals surface area contributed by atoms with Crippen molar-refractivity contribution in [3.63, 3.8) is 0 Å². The van der Waals surface area contributed by atoms with Crippen LogP contribution in [0.5, 0.6) is 0 Å². The van der Waals surface area contributed by atoms with Crippen molar-refractivity contribution in [1.29, 1.82) is 0 Å². The Morgan fingerprint density at radius 2 is 1.88 bits per heavy atom. The molecule has 0 aliphatic carbocycles. The molecular weight excluding hydrogens is 112 g/mol. The number of ketones is 1. The van der Waals surface area contributed by atoms with Gasteiger partial charge in [0.2, 0.25) is 0 Å². The molecule has 0 amide bonds. The van der Waals surface area contributed by atoms with Crippen molar-refractivity contribution in [2.45, 2.75) is 12.4 Å². The Kier molecular flexibility index (Phi) is 2.09. The molecule has 0 saturated heterocycles. The predicted molar refractivity (Wildman–Crippen MR) is 24.4 cm³/mol. The second-order valence-corrected chi connectivity index (χ2v) is 1.49. The van der Waals surface area contributed by atoms with Crippen LogP contribution in [-0.4, -0.2) is 27.1 Å². The molecule has 0 fully saturated rings. The zero-order chi connectivity index (χ0) is 6.78. The SMILES string of the molecule is [CH2]C(=O)CC(O)(O)O. The third kappa shape index (κ3) is 5.55. The van der Waals surface area contributed by atoms with Crippen LogP contribution >= 0.6 is 0 Å². The molecule has 47 valence electrons. The molecule has 0 spiro atoms. The summed E-state index contributed by atoms with van der Waals surface area (Å²) < 4.78 is 0. The average molecular weight is 119 g/mol. The van der Waals surface area contributed by atoms with Gasteiger partial charge in [-0.25, -0.2) is 0 Å². The maximum Gasteiger partial charge on any atom is 0.282 e. The summed E-state index contributed by atoms with van der Waals surface area (Å²) in [6, 6.07) is 0. The van der Waals surface area contributed by atoms with Crippen molar-refractivity contribution >= 4 is 5.78 Å². The molecule has 0 bridgehead atoms. The lowest BCUT2D eigenvalue weighted by Gasteiger charge is -2.09. The van der Waals surface area contributed by atoms with Gasteiger partial charge in [-0.3, -0.25) is 4.79 Å². The first-order valence-electron chi connectivity index (χ1n) is 1.94. The first-order valence-corrected chi connectivity index (χ1v) is 1.94. The lowest BCUT2D eigenvalue weighted by atomic mass is 10.3. The van der Waals surface area contributed by atoms with E-state index in [0.717, 1.165) is 0 Å². The largest absolute Gasteiger partial charge is 0.343 e. The monoisotopic (exact) mass is 119 g/mol. The van der Waals surface area contributed by atoms with E-state index in [-0.39, 0.29) is 0 Å². The normalized spacial score (nSPS) is 11.5. The first kappa shape index (κ1) is 7.55. The third-order valence-corrected chi connectivity index (χ3v) is 0.434. The standard InChI is InChI=1S/C4H7O4/c1-3(5)2-4(6,7)8/h6-8H,1-2H2. The molecule has 0 saturated carbocycles. The van der Waals surface area contributed by atoms with Gasteiger partial charge in [-0.15, -0.1) is 0 Å². The van der Waals surface area contributed by atoms with Crippen molar-refractivity contribution in [1.82, 2.24) is 0 Å².